The Hall–Kier alpha value is -0.800. The highest BCUT2D eigenvalue weighted by atomic mass is 79.9. The summed E-state index contributed by atoms with van der Waals surface area (Å²) in [6, 6.07) is 6.36. The van der Waals surface area contributed by atoms with Crippen molar-refractivity contribution in [2.24, 2.45) is 0 Å². The van der Waals surface area contributed by atoms with Crippen molar-refractivity contribution in [3.05, 3.63) is 33.9 Å². The van der Waals surface area contributed by atoms with Gasteiger partial charge in [0, 0.05) is 27.6 Å². The van der Waals surface area contributed by atoms with E-state index in [1.54, 1.807) is 0 Å². The van der Waals surface area contributed by atoms with Crippen molar-refractivity contribution in [1.29, 1.82) is 0 Å². The molecule has 0 amide bonds. The summed E-state index contributed by atoms with van der Waals surface area (Å²) in [5.74, 6) is 0.660. The normalized spacial score (nSPS) is 20.8. The molecule has 0 saturated carbocycles. The lowest BCUT2D eigenvalue weighted by atomic mass is 9.95. The van der Waals surface area contributed by atoms with Crippen LogP contribution in [0.5, 0.6) is 0 Å². The molecular formula is C13H15BrN2. The van der Waals surface area contributed by atoms with Gasteiger partial charge in [-0.3, -0.25) is 0 Å². The molecule has 1 aliphatic heterocycles. The molecule has 2 heterocycles. The maximum absolute atomic E-state index is 3.67. The third-order valence-electron chi connectivity index (χ3n) is 3.48. The molecule has 84 valence electrons. The number of H-pyrrole nitrogens is 1. The Morgan fingerprint density at radius 1 is 1.38 bits per heavy atom. The lowest BCUT2D eigenvalue weighted by Crippen LogP contribution is -2.08. The maximum Gasteiger partial charge on any atom is 0.0470 e. The first-order valence-corrected chi connectivity index (χ1v) is 6.54. The highest BCUT2D eigenvalue weighted by Gasteiger charge is 2.23. The zero-order valence-corrected chi connectivity index (χ0v) is 10.9. The van der Waals surface area contributed by atoms with E-state index < -0.39 is 0 Å². The predicted molar refractivity (Wildman–Crippen MR) is 71.0 cm³/mol. The lowest BCUT2D eigenvalue weighted by Gasteiger charge is -2.09. The molecule has 0 spiro atoms. The van der Waals surface area contributed by atoms with E-state index in [-0.39, 0.29) is 0 Å². The number of benzene rings is 1. The van der Waals surface area contributed by atoms with Crippen molar-refractivity contribution < 1.29 is 0 Å². The van der Waals surface area contributed by atoms with E-state index in [1.807, 2.05) is 0 Å². The van der Waals surface area contributed by atoms with E-state index in [9.17, 15) is 0 Å². The van der Waals surface area contributed by atoms with Crippen LogP contribution in [0.15, 0.2) is 22.7 Å². The summed E-state index contributed by atoms with van der Waals surface area (Å²) >= 11 is 3.67. The second kappa shape index (κ2) is 3.90. The van der Waals surface area contributed by atoms with Crippen LogP contribution in [-0.2, 0) is 0 Å². The molecule has 2 aromatic rings. The molecule has 1 aromatic heterocycles. The Morgan fingerprint density at radius 2 is 2.25 bits per heavy atom. The van der Waals surface area contributed by atoms with E-state index in [0.29, 0.717) is 5.92 Å². The fourth-order valence-electron chi connectivity index (χ4n) is 2.77. The first kappa shape index (κ1) is 10.4. The van der Waals surface area contributed by atoms with Crippen LogP contribution in [0.3, 0.4) is 0 Å². The van der Waals surface area contributed by atoms with Gasteiger partial charge in [-0.25, -0.2) is 0 Å². The molecule has 3 heteroatoms. The highest BCUT2D eigenvalue weighted by molar-refractivity contribution is 9.10. The van der Waals surface area contributed by atoms with Crippen LogP contribution in [0, 0.1) is 6.92 Å². The largest absolute Gasteiger partial charge is 0.358 e. The average molecular weight is 279 g/mol. The maximum atomic E-state index is 3.67. The van der Waals surface area contributed by atoms with Gasteiger partial charge in [-0.1, -0.05) is 22.0 Å². The van der Waals surface area contributed by atoms with Crippen LogP contribution < -0.4 is 5.32 Å². The Morgan fingerprint density at radius 3 is 3.00 bits per heavy atom. The van der Waals surface area contributed by atoms with Gasteiger partial charge < -0.3 is 10.3 Å². The number of nitrogens with one attached hydrogen (secondary N) is 2. The third-order valence-corrected chi connectivity index (χ3v) is 4.14. The first-order chi connectivity index (χ1) is 7.77. The summed E-state index contributed by atoms with van der Waals surface area (Å²) in [6.07, 6.45) is 1.25. The van der Waals surface area contributed by atoms with E-state index in [1.165, 1.54) is 33.1 Å². The lowest BCUT2D eigenvalue weighted by molar-refractivity contribution is 0.763. The minimum Gasteiger partial charge on any atom is -0.358 e. The quantitative estimate of drug-likeness (QED) is 0.823. The number of aromatic nitrogens is 1. The minimum atomic E-state index is 0.660. The predicted octanol–water partition coefficient (Wildman–Crippen LogP) is 3.32. The Bertz CT molecular complexity index is 524. The molecule has 0 aliphatic carbocycles. The molecule has 16 heavy (non-hydrogen) atoms. The van der Waals surface area contributed by atoms with Gasteiger partial charge in [-0.15, -0.1) is 0 Å². The monoisotopic (exact) mass is 278 g/mol. The van der Waals surface area contributed by atoms with Crippen molar-refractivity contribution in [2.45, 2.75) is 19.3 Å². The fourth-order valence-corrected chi connectivity index (χ4v) is 3.35. The number of hydrogen-bond acceptors (Lipinski definition) is 1. The number of rotatable bonds is 1. The number of fused-ring (bicyclic) bond motifs is 1. The van der Waals surface area contributed by atoms with Crippen molar-refractivity contribution in [3.63, 3.8) is 0 Å². The van der Waals surface area contributed by atoms with Gasteiger partial charge in [0.15, 0.2) is 0 Å². The molecule has 1 aromatic carbocycles. The summed E-state index contributed by atoms with van der Waals surface area (Å²) in [4.78, 5) is 3.49. The van der Waals surface area contributed by atoms with E-state index in [4.69, 9.17) is 0 Å². The van der Waals surface area contributed by atoms with E-state index in [0.717, 1.165) is 13.1 Å². The SMILES string of the molecule is Cc1[nH]c2cccc(Br)c2c1C1CCNC1. The molecular weight excluding hydrogens is 264 g/mol. The van der Waals surface area contributed by atoms with Gasteiger partial charge in [0.25, 0.3) is 0 Å². The van der Waals surface area contributed by atoms with Crippen LogP contribution in [0.2, 0.25) is 0 Å². The fraction of sp³-hybridized carbons (Fsp3) is 0.385. The molecule has 1 unspecified atom stereocenters. The van der Waals surface area contributed by atoms with Gasteiger partial charge >= 0.3 is 0 Å². The molecule has 2 nitrogen and oxygen atoms in total. The van der Waals surface area contributed by atoms with Crippen LogP contribution in [-0.4, -0.2) is 18.1 Å². The second-order valence-electron chi connectivity index (χ2n) is 4.52. The van der Waals surface area contributed by atoms with Gasteiger partial charge in [-0.05, 0) is 43.5 Å². The van der Waals surface area contributed by atoms with Crippen LogP contribution in [0.25, 0.3) is 10.9 Å². The molecule has 1 fully saturated rings. The summed E-state index contributed by atoms with van der Waals surface area (Å²) in [6.45, 7) is 4.43. The minimum absolute atomic E-state index is 0.660. The third kappa shape index (κ3) is 1.50. The highest BCUT2D eigenvalue weighted by Crippen LogP contribution is 2.36. The summed E-state index contributed by atoms with van der Waals surface area (Å²) in [7, 11) is 0. The second-order valence-corrected chi connectivity index (χ2v) is 5.37. The molecule has 1 aliphatic rings. The van der Waals surface area contributed by atoms with Gasteiger partial charge in [0.2, 0.25) is 0 Å². The van der Waals surface area contributed by atoms with E-state index >= 15 is 0 Å². The van der Waals surface area contributed by atoms with Crippen LogP contribution in [0.4, 0.5) is 0 Å². The summed E-state index contributed by atoms with van der Waals surface area (Å²) in [5, 5.41) is 4.81. The van der Waals surface area contributed by atoms with Crippen molar-refractivity contribution in [3.8, 4) is 0 Å². The van der Waals surface area contributed by atoms with Crippen molar-refractivity contribution >= 4 is 26.8 Å². The molecule has 3 rings (SSSR count). The molecule has 0 bridgehead atoms. The van der Waals surface area contributed by atoms with Gasteiger partial charge in [0.05, 0.1) is 0 Å². The molecule has 2 N–H and O–H groups in total. The van der Waals surface area contributed by atoms with Crippen LogP contribution >= 0.6 is 15.9 Å². The molecule has 1 atom stereocenters. The number of hydrogen-bond donors (Lipinski definition) is 2. The number of halogens is 1. The average Bonchev–Trinajstić information content (AvgIpc) is 2.84. The standard InChI is InChI=1S/C13H15BrN2/c1-8-12(9-5-6-15-7-9)13-10(14)3-2-4-11(13)16-8/h2-4,9,15-16H,5-7H2,1H3. The Labute approximate surface area is 104 Å². The van der Waals surface area contributed by atoms with Crippen molar-refractivity contribution in [1.82, 2.24) is 10.3 Å². The zero-order valence-electron chi connectivity index (χ0n) is 9.31. The zero-order chi connectivity index (χ0) is 11.1. The first-order valence-electron chi connectivity index (χ1n) is 5.75. The van der Waals surface area contributed by atoms with Crippen LogP contribution in [0.1, 0.15) is 23.6 Å². The summed E-state index contributed by atoms with van der Waals surface area (Å²) < 4.78 is 1.20. The number of aromatic amines is 1. The Balaban J connectivity index is 2.25. The summed E-state index contributed by atoms with van der Waals surface area (Å²) in [5.41, 5.74) is 4.05. The van der Waals surface area contributed by atoms with Gasteiger partial charge in [0.1, 0.15) is 0 Å². The smallest absolute Gasteiger partial charge is 0.0470 e. The molecule has 1 saturated heterocycles. The Kier molecular flexibility index (Phi) is 2.52. The van der Waals surface area contributed by atoms with E-state index in [2.05, 4.69) is 51.4 Å². The van der Waals surface area contributed by atoms with Crippen molar-refractivity contribution in [2.75, 3.05) is 13.1 Å². The number of aryl methyl sites for hydroxylation is 1. The molecule has 0 radical (unpaired) electrons. The topological polar surface area (TPSA) is 27.8 Å². The van der Waals surface area contributed by atoms with Gasteiger partial charge in [-0.2, -0.15) is 0 Å².